The van der Waals surface area contributed by atoms with Crippen LogP contribution in [0.4, 0.5) is 5.82 Å². The fraction of sp³-hybridized carbons (Fsp3) is 0.273. The summed E-state index contributed by atoms with van der Waals surface area (Å²) in [5.74, 6) is 0.656. The van der Waals surface area contributed by atoms with Crippen molar-refractivity contribution in [2.75, 3.05) is 5.73 Å². The smallest absolute Gasteiger partial charge is 0.289 e. The standard InChI is InChI=1S/C22H27N7O2/c1-7-14(6)16(9-3)29-17(26-15(8-2)18(13(4)5)22(29)30)10-27-11-24-19-20(23)28(31)12-25-21(19)27/h7-9,11-12,22-23,30-31H,2,4,10H2,1,3,5-6H3/p+1/b14-7-,16-9+. The molecule has 0 aliphatic carbocycles. The van der Waals surface area contributed by atoms with Crippen molar-refractivity contribution in [2.45, 2.75) is 40.5 Å². The average molecular weight is 423 g/mol. The first-order valence-electron chi connectivity index (χ1n) is 9.82. The summed E-state index contributed by atoms with van der Waals surface area (Å²) in [6.45, 7) is 15.8. The number of nitrogens with zero attached hydrogens (tertiary/aromatic N) is 6. The summed E-state index contributed by atoms with van der Waals surface area (Å²) in [6.07, 6.45) is 7.30. The van der Waals surface area contributed by atoms with Gasteiger partial charge in [-0.1, -0.05) is 35.0 Å². The molecule has 0 bridgehead atoms. The summed E-state index contributed by atoms with van der Waals surface area (Å²) in [4.78, 5) is 15.1. The molecule has 0 radical (unpaired) electrons. The van der Waals surface area contributed by atoms with E-state index in [2.05, 4.69) is 23.1 Å². The van der Waals surface area contributed by atoms with Crippen molar-refractivity contribution in [3.63, 3.8) is 0 Å². The summed E-state index contributed by atoms with van der Waals surface area (Å²) in [7, 11) is 0. The zero-order chi connectivity index (χ0) is 22.9. The lowest BCUT2D eigenvalue weighted by Gasteiger charge is -2.38. The number of anilines is 1. The largest absolute Gasteiger partial charge is 0.371 e. The number of hydrogen-bond donors (Lipinski definition) is 3. The molecule has 9 heteroatoms. The molecule has 0 spiro atoms. The molecule has 1 aliphatic heterocycles. The summed E-state index contributed by atoms with van der Waals surface area (Å²) >= 11 is 0. The molecule has 3 heterocycles. The molecule has 1 aliphatic rings. The summed E-state index contributed by atoms with van der Waals surface area (Å²) in [5.41, 5.74) is 10.4. The summed E-state index contributed by atoms with van der Waals surface area (Å²) < 4.78 is 2.48. The van der Waals surface area contributed by atoms with E-state index in [0.717, 1.165) is 16.0 Å². The maximum atomic E-state index is 11.4. The number of allylic oxidation sites excluding steroid dienone is 4. The first kappa shape index (κ1) is 22.0. The number of nitrogens with two attached hydrogens (primary N) is 1. The molecule has 31 heavy (non-hydrogen) atoms. The van der Waals surface area contributed by atoms with Crippen LogP contribution in [0.5, 0.6) is 0 Å². The maximum Gasteiger partial charge on any atom is 0.289 e. The van der Waals surface area contributed by atoms with Crippen LogP contribution in [0.15, 0.2) is 77.1 Å². The molecule has 9 nitrogen and oxygen atoms in total. The molecule has 1 atom stereocenters. The number of aliphatic hydroxyl groups is 1. The fourth-order valence-electron chi connectivity index (χ4n) is 3.58. The number of amidine groups is 1. The average Bonchev–Trinajstić information content (AvgIpc) is 3.15. The van der Waals surface area contributed by atoms with Gasteiger partial charge in [0.15, 0.2) is 6.23 Å². The molecule has 0 amide bonds. The van der Waals surface area contributed by atoms with E-state index in [1.807, 2.05) is 39.8 Å². The van der Waals surface area contributed by atoms with E-state index in [4.69, 9.17) is 10.7 Å². The Morgan fingerprint density at radius 2 is 2.00 bits per heavy atom. The van der Waals surface area contributed by atoms with Gasteiger partial charge in [0, 0.05) is 11.3 Å². The van der Waals surface area contributed by atoms with E-state index in [-0.39, 0.29) is 12.4 Å². The molecule has 0 saturated carbocycles. The second kappa shape index (κ2) is 8.57. The van der Waals surface area contributed by atoms with Crippen LogP contribution in [-0.2, 0) is 6.54 Å². The van der Waals surface area contributed by atoms with Crippen molar-refractivity contribution in [3.05, 3.63) is 72.2 Å². The third-order valence-corrected chi connectivity index (χ3v) is 5.23. The maximum absolute atomic E-state index is 11.4. The summed E-state index contributed by atoms with van der Waals surface area (Å²) in [6, 6.07) is 0. The Hall–Kier alpha value is -3.72. The van der Waals surface area contributed by atoms with E-state index in [9.17, 15) is 10.3 Å². The SMILES string of the molecule is C=CC1=C(C(=C)C)C(O)N(C(=C/C)/C(C)=C\C)C(Cn2cnc3c(N)[n+](O)cnc32)=N1. The minimum atomic E-state index is -0.994. The second-order valence-corrected chi connectivity index (χ2v) is 7.22. The molecular formula is C22H28N7O2+. The van der Waals surface area contributed by atoms with E-state index < -0.39 is 6.23 Å². The van der Waals surface area contributed by atoms with Gasteiger partial charge in [0.25, 0.3) is 12.1 Å². The predicted molar refractivity (Wildman–Crippen MR) is 120 cm³/mol. The van der Waals surface area contributed by atoms with Crippen LogP contribution >= 0.6 is 0 Å². The number of rotatable bonds is 6. The molecule has 4 N–H and O–H groups in total. The molecule has 162 valence electrons. The van der Waals surface area contributed by atoms with Gasteiger partial charge in [-0.25, -0.2) is 9.98 Å². The van der Waals surface area contributed by atoms with Gasteiger partial charge in [-0.05, 0) is 44.9 Å². The lowest BCUT2D eigenvalue weighted by Crippen LogP contribution is -2.45. The van der Waals surface area contributed by atoms with Crippen LogP contribution in [0.3, 0.4) is 0 Å². The number of imidazole rings is 1. The molecule has 0 saturated heterocycles. The second-order valence-electron chi connectivity index (χ2n) is 7.22. The number of nitrogen functional groups attached to an aromatic ring is 1. The van der Waals surface area contributed by atoms with Gasteiger partial charge in [-0.15, -0.1) is 0 Å². The highest BCUT2D eigenvalue weighted by Gasteiger charge is 2.33. The Kier molecular flexibility index (Phi) is 6.07. The molecule has 0 aromatic carbocycles. The van der Waals surface area contributed by atoms with Gasteiger partial charge < -0.3 is 16.0 Å². The fourth-order valence-corrected chi connectivity index (χ4v) is 3.58. The van der Waals surface area contributed by atoms with E-state index >= 15 is 0 Å². The van der Waals surface area contributed by atoms with Crippen molar-refractivity contribution in [2.24, 2.45) is 4.99 Å². The van der Waals surface area contributed by atoms with Crippen molar-refractivity contribution in [3.8, 4) is 0 Å². The molecular weight excluding hydrogens is 394 g/mol. The first-order chi connectivity index (χ1) is 14.7. The Bertz CT molecular complexity index is 1180. The predicted octanol–water partition coefficient (Wildman–Crippen LogP) is 2.46. The number of hydrogen-bond acceptors (Lipinski definition) is 7. The molecule has 3 rings (SSSR count). The van der Waals surface area contributed by atoms with Gasteiger partial charge in [-0.3, -0.25) is 9.47 Å². The normalized spacial score (nSPS) is 17.9. The number of fused-ring (bicyclic) bond motifs is 1. The lowest BCUT2D eigenvalue weighted by molar-refractivity contribution is -0.894. The lowest BCUT2D eigenvalue weighted by atomic mass is 10.00. The van der Waals surface area contributed by atoms with Crippen LogP contribution in [0.2, 0.25) is 0 Å². The van der Waals surface area contributed by atoms with E-state index in [0.29, 0.717) is 33.8 Å². The van der Waals surface area contributed by atoms with Crippen molar-refractivity contribution >= 4 is 22.8 Å². The first-order valence-corrected chi connectivity index (χ1v) is 9.82. The highest BCUT2D eigenvalue weighted by molar-refractivity contribution is 5.89. The minimum Gasteiger partial charge on any atom is -0.371 e. The molecule has 2 aromatic heterocycles. The monoisotopic (exact) mass is 422 g/mol. The van der Waals surface area contributed by atoms with E-state index in [1.54, 1.807) is 21.9 Å². The van der Waals surface area contributed by atoms with Crippen LogP contribution in [0, 0.1) is 0 Å². The topological polar surface area (TPSA) is 117 Å². The van der Waals surface area contributed by atoms with Crippen LogP contribution in [0.25, 0.3) is 11.2 Å². The van der Waals surface area contributed by atoms with Gasteiger partial charge in [0.1, 0.15) is 5.84 Å². The Morgan fingerprint density at radius 1 is 1.29 bits per heavy atom. The molecule has 2 aromatic rings. The van der Waals surface area contributed by atoms with Gasteiger partial charge in [0.2, 0.25) is 11.2 Å². The van der Waals surface area contributed by atoms with Crippen molar-refractivity contribution < 1.29 is 15.0 Å². The third-order valence-electron chi connectivity index (χ3n) is 5.23. The highest BCUT2D eigenvalue weighted by Crippen LogP contribution is 2.32. The van der Waals surface area contributed by atoms with E-state index in [1.165, 1.54) is 6.33 Å². The Labute approximate surface area is 181 Å². The van der Waals surface area contributed by atoms with Crippen molar-refractivity contribution in [1.29, 1.82) is 0 Å². The van der Waals surface area contributed by atoms with Gasteiger partial charge in [-0.2, -0.15) is 0 Å². The summed E-state index contributed by atoms with van der Waals surface area (Å²) in [5, 5.41) is 21.1. The van der Waals surface area contributed by atoms with Crippen LogP contribution < -0.4 is 10.5 Å². The van der Waals surface area contributed by atoms with Crippen LogP contribution in [-0.4, -0.2) is 41.8 Å². The Balaban J connectivity index is 2.19. The van der Waals surface area contributed by atoms with Crippen molar-refractivity contribution in [1.82, 2.24) is 19.4 Å². The van der Waals surface area contributed by atoms with Gasteiger partial charge >= 0.3 is 0 Å². The number of aliphatic hydroxyl groups excluding tert-OH is 1. The third kappa shape index (κ3) is 3.75. The number of aromatic nitrogens is 4. The van der Waals surface area contributed by atoms with Crippen LogP contribution in [0.1, 0.15) is 27.7 Å². The quantitative estimate of drug-likeness (QED) is 0.374. The zero-order valence-corrected chi connectivity index (χ0v) is 18.2. The zero-order valence-electron chi connectivity index (χ0n) is 18.2. The highest BCUT2D eigenvalue weighted by atomic mass is 16.5. The Morgan fingerprint density at radius 3 is 2.58 bits per heavy atom. The molecule has 0 fully saturated rings. The molecule has 1 unspecified atom stereocenters. The number of aliphatic imine (C=N–C) groups is 1. The minimum absolute atomic E-state index is 0.0846. The van der Waals surface area contributed by atoms with Gasteiger partial charge in [0.05, 0.1) is 18.6 Å².